The molecule has 2 heterocycles. The highest BCUT2D eigenvalue weighted by Crippen LogP contribution is 2.46. The predicted molar refractivity (Wildman–Crippen MR) is 129 cm³/mol. The zero-order valence-electron chi connectivity index (χ0n) is 18.9. The molecule has 6 heteroatoms. The van der Waals surface area contributed by atoms with Crippen LogP contribution in [-0.4, -0.2) is 31.8 Å². The molecule has 0 saturated heterocycles. The third kappa shape index (κ3) is 3.67. The normalized spacial score (nSPS) is 15.1. The lowest BCUT2D eigenvalue weighted by Gasteiger charge is -2.20. The summed E-state index contributed by atoms with van der Waals surface area (Å²) in [4.78, 5) is 12.9. The van der Waals surface area contributed by atoms with Gasteiger partial charge in [-0.15, -0.1) is 0 Å². The molecule has 0 spiro atoms. The Morgan fingerprint density at radius 1 is 0.879 bits per heavy atom. The molecule has 33 heavy (non-hydrogen) atoms. The van der Waals surface area contributed by atoms with Gasteiger partial charge in [0.2, 0.25) is 5.91 Å². The number of carbonyl (C=O) groups excluding carboxylic acids is 1. The maximum Gasteiger partial charge on any atom is 0.225 e. The fraction of sp³-hybridized carbons (Fsp3) is 0.222. The molecule has 3 aromatic carbocycles. The maximum absolute atomic E-state index is 12.9. The number of hydrogen-bond donors (Lipinski definition) is 1. The van der Waals surface area contributed by atoms with E-state index in [-0.39, 0.29) is 11.8 Å². The zero-order chi connectivity index (χ0) is 22.9. The molecule has 0 radical (unpaired) electrons. The molecule has 1 atom stereocenters. The van der Waals surface area contributed by atoms with Crippen molar-refractivity contribution in [1.82, 2.24) is 4.57 Å². The van der Waals surface area contributed by atoms with Gasteiger partial charge in [-0.2, -0.15) is 0 Å². The van der Waals surface area contributed by atoms with Gasteiger partial charge in [0.05, 0.1) is 32.5 Å². The lowest BCUT2D eigenvalue weighted by atomic mass is 9.87. The van der Waals surface area contributed by atoms with Crippen molar-refractivity contribution in [2.24, 2.45) is 0 Å². The van der Waals surface area contributed by atoms with Gasteiger partial charge in [-0.25, -0.2) is 0 Å². The third-order valence-electron chi connectivity index (χ3n) is 6.28. The van der Waals surface area contributed by atoms with Gasteiger partial charge in [-0.3, -0.25) is 4.79 Å². The van der Waals surface area contributed by atoms with E-state index in [0.717, 1.165) is 34.3 Å². The number of nitrogens with zero attached hydrogens (tertiary/aromatic N) is 1. The molecule has 0 aliphatic carbocycles. The van der Waals surface area contributed by atoms with Gasteiger partial charge in [0.25, 0.3) is 0 Å². The number of ether oxygens (including phenoxy) is 3. The average molecular weight is 443 g/mol. The van der Waals surface area contributed by atoms with Gasteiger partial charge in [0.1, 0.15) is 5.75 Å². The molecule has 1 aliphatic rings. The Hall–Kier alpha value is -3.93. The van der Waals surface area contributed by atoms with E-state index in [0.29, 0.717) is 23.7 Å². The molecular weight excluding hydrogens is 416 g/mol. The van der Waals surface area contributed by atoms with Crippen LogP contribution >= 0.6 is 0 Å². The fourth-order valence-corrected chi connectivity index (χ4v) is 4.76. The number of methoxy groups -OCH3 is 3. The van der Waals surface area contributed by atoms with Crippen molar-refractivity contribution >= 4 is 22.5 Å². The van der Waals surface area contributed by atoms with Gasteiger partial charge in [-0.1, -0.05) is 36.4 Å². The predicted octanol–water partition coefficient (Wildman–Crippen LogP) is 5.19. The fourth-order valence-electron chi connectivity index (χ4n) is 4.76. The summed E-state index contributed by atoms with van der Waals surface area (Å²) >= 11 is 0. The summed E-state index contributed by atoms with van der Waals surface area (Å²) in [6.07, 6.45) is 2.47. The van der Waals surface area contributed by atoms with Crippen LogP contribution in [0.4, 0.5) is 5.69 Å². The van der Waals surface area contributed by atoms with Crippen LogP contribution in [0, 0.1) is 0 Å². The Kier molecular flexibility index (Phi) is 5.42. The first kappa shape index (κ1) is 20.9. The van der Waals surface area contributed by atoms with E-state index in [4.69, 9.17) is 14.2 Å². The number of amides is 1. The summed E-state index contributed by atoms with van der Waals surface area (Å²) < 4.78 is 19.0. The number of nitrogens with one attached hydrogen (secondary N) is 1. The molecule has 0 saturated carbocycles. The highest BCUT2D eigenvalue weighted by Gasteiger charge is 2.30. The second-order valence-corrected chi connectivity index (χ2v) is 8.15. The van der Waals surface area contributed by atoms with Crippen LogP contribution in [0.5, 0.6) is 17.2 Å². The van der Waals surface area contributed by atoms with Crippen LogP contribution in [0.1, 0.15) is 29.0 Å². The van der Waals surface area contributed by atoms with Gasteiger partial charge in [-0.05, 0) is 29.3 Å². The molecule has 1 N–H and O–H groups in total. The Morgan fingerprint density at radius 2 is 1.61 bits per heavy atom. The van der Waals surface area contributed by atoms with Crippen molar-refractivity contribution in [3.63, 3.8) is 0 Å². The zero-order valence-corrected chi connectivity index (χ0v) is 18.9. The number of carbonyl (C=O) groups is 1. The van der Waals surface area contributed by atoms with Crippen LogP contribution in [0.15, 0.2) is 66.9 Å². The molecule has 1 aromatic heterocycles. The summed E-state index contributed by atoms with van der Waals surface area (Å²) in [6.45, 7) is 0.741. The van der Waals surface area contributed by atoms with Crippen molar-refractivity contribution in [2.75, 3.05) is 26.6 Å². The number of rotatable bonds is 6. The minimum Gasteiger partial charge on any atom is -0.496 e. The Labute approximate surface area is 192 Å². The first-order chi connectivity index (χ1) is 16.1. The van der Waals surface area contributed by atoms with E-state index < -0.39 is 0 Å². The summed E-state index contributed by atoms with van der Waals surface area (Å²) in [6, 6.07) is 20.2. The molecular formula is C27H26N2O4. The van der Waals surface area contributed by atoms with E-state index in [2.05, 4.69) is 34.3 Å². The molecule has 0 bridgehead atoms. The number of anilines is 1. The summed E-state index contributed by atoms with van der Waals surface area (Å²) in [7, 11) is 4.84. The van der Waals surface area contributed by atoms with E-state index in [1.54, 1.807) is 21.3 Å². The average Bonchev–Trinajstić information content (AvgIpc) is 3.14. The highest BCUT2D eigenvalue weighted by molar-refractivity contribution is 6.06. The lowest BCUT2D eigenvalue weighted by Crippen LogP contribution is -2.14. The number of aromatic nitrogens is 1. The topological polar surface area (TPSA) is 61.7 Å². The minimum atomic E-state index is -0.206. The smallest absolute Gasteiger partial charge is 0.225 e. The molecule has 6 nitrogen and oxygen atoms in total. The number of benzene rings is 3. The van der Waals surface area contributed by atoms with E-state index in [1.165, 1.54) is 5.56 Å². The molecule has 0 fully saturated rings. The third-order valence-corrected chi connectivity index (χ3v) is 6.28. The quantitative estimate of drug-likeness (QED) is 0.446. The van der Waals surface area contributed by atoms with Crippen LogP contribution in [0.2, 0.25) is 0 Å². The Morgan fingerprint density at radius 3 is 2.33 bits per heavy atom. The molecule has 168 valence electrons. The van der Waals surface area contributed by atoms with E-state index in [1.807, 2.05) is 42.5 Å². The largest absolute Gasteiger partial charge is 0.496 e. The summed E-state index contributed by atoms with van der Waals surface area (Å²) in [5.41, 5.74) is 5.10. The minimum absolute atomic E-state index is 0.0323. The first-order valence-electron chi connectivity index (χ1n) is 10.9. The van der Waals surface area contributed by atoms with Crippen molar-refractivity contribution < 1.29 is 19.0 Å². The van der Waals surface area contributed by atoms with Crippen molar-refractivity contribution in [3.05, 3.63) is 83.6 Å². The van der Waals surface area contributed by atoms with Crippen LogP contribution < -0.4 is 19.5 Å². The maximum atomic E-state index is 12.9. The lowest BCUT2D eigenvalue weighted by molar-refractivity contribution is -0.116. The Bertz CT molecular complexity index is 1330. The van der Waals surface area contributed by atoms with Gasteiger partial charge < -0.3 is 24.1 Å². The first-order valence-corrected chi connectivity index (χ1v) is 10.9. The van der Waals surface area contributed by atoms with Gasteiger partial charge >= 0.3 is 0 Å². The molecule has 5 rings (SSSR count). The van der Waals surface area contributed by atoms with Crippen LogP contribution in [-0.2, 0) is 11.3 Å². The monoisotopic (exact) mass is 442 g/mol. The molecule has 1 amide bonds. The van der Waals surface area contributed by atoms with Crippen molar-refractivity contribution in [2.45, 2.75) is 18.9 Å². The molecule has 1 aliphatic heterocycles. The standard InChI is InChI=1S/C27H26N2O4/c1-31-23-14-25(33-3)24(32-2)12-19(23)18-13-26(30)28-21-10-7-11-22-27(21)20(18)16-29(22)15-17-8-5-4-6-9-17/h4-12,14,16,18H,13,15H2,1-3H3,(H,28,30)/t18-/m1/s1. The Balaban J connectivity index is 1.72. The van der Waals surface area contributed by atoms with Gasteiger partial charge in [0, 0.05) is 42.1 Å². The second kappa shape index (κ2) is 8.54. The van der Waals surface area contributed by atoms with Gasteiger partial charge in [0.15, 0.2) is 11.5 Å². The summed E-state index contributed by atoms with van der Waals surface area (Å²) in [5.74, 6) is 1.61. The molecule has 0 unspecified atom stereocenters. The summed E-state index contributed by atoms with van der Waals surface area (Å²) in [5, 5.41) is 4.16. The number of hydrogen-bond acceptors (Lipinski definition) is 4. The SMILES string of the molecule is COc1cc(OC)c([C@H]2CC(=O)Nc3cccc4c3c2cn4Cc2ccccc2)cc1OC. The molecule has 4 aromatic rings. The highest BCUT2D eigenvalue weighted by atomic mass is 16.5. The van der Waals surface area contributed by atoms with E-state index in [9.17, 15) is 4.79 Å². The second-order valence-electron chi connectivity index (χ2n) is 8.15. The van der Waals surface area contributed by atoms with Crippen molar-refractivity contribution in [3.8, 4) is 17.2 Å². The van der Waals surface area contributed by atoms with Crippen LogP contribution in [0.25, 0.3) is 10.9 Å². The van der Waals surface area contributed by atoms with E-state index >= 15 is 0 Å². The van der Waals surface area contributed by atoms with Crippen molar-refractivity contribution in [1.29, 1.82) is 0 Å². The van der Waals surface area contributed by atoms with Crippen LogP contribution in [0.3, 0.4) is 0 Å².